The van der Waals surface area contributed by atoms with Gasteiger partial charge in [-0.3, -0.25) is 19.7 Å². The third-order valence-electron chi connectivity index (χ3n) is 7.70. The van der Waals surface area contributed by atoms with Gasteiger partial charge in [-0.25, -0.2) is 0 Å². The lowest BCUT2D eigenvalue weighted by Gasteiger charge is -2.45. The molecule has 0 aliphatic carbocycles. The molecule has 2 aliphatic rings. The Balaban J connectivity index is 1.82. The van der Waals surface area contributed by atoms with Crippen molar-refractivity contribution in [3.05, 3.63) is 77.9 Å². The van der Waals surface area contributed by atoms with Crippen molar-refractivity contribution in [1.29, 1.82) is 0 Å². The second-order valence-electron chi connectivity index (χ2n) is 10.2. The van der Waals surface area contributed by atoms with Gasteiger partial charge in [0.15, 0.2) is 0 Å². The van der Waals surface area contributed by atoms with E-state index in [1.165, 1.54) is 0 Å². The van der Waals surface area contributed by atoms with Gasteiger partial charge < -0.3 is 14.7 Å². The summed E-state index contributed by atoms with van der Waals surface area (Å²) in [4.78, 5) is 30.5. The maximum absolute atomic E-state index is 12.8. The van der Waals surface area contributed by atoms with Crippen LogP contribution in [0.5, 0.6) is 0 Å². The molecular formula is C30H36B2N6O. The highest BCUT2D eigenvalue weighted by atomic mass is 16.1. The van der Waals surface area contributed by atoms with Crippen LogP contribution in [0.25, 0.3) is 0 Å². The third kappa shape index (κ3) is 5.53. The number of rotatable bonds is 7. The monoisotopic (exact) mass is 518 g/mol. The number of pyridine rings is 1. The van der Waals surface area contributed by atoms with E-state index in [4.69, 9.17) is 20.7 Å². The highest BCUT2D eigenvalue weighted by molar-refractivity contribution is 6.37. The van der Waals surface area contributed by atoms with Gasteiger partial charge in [-0.1, -0.05) is 42.3 Å². The Hall–Kier alpha value is -3.74. The van der Waals surface area contributed by atoms with Crippen LogP contribution in [0.4, 0.5) is 11.4 Å². The lowest BCUT2D eigenvalue weighted by Crippen LogP contribution is -2.55. The average molecular weight is 518 g/mol. The third-order valence-corrected chi connectivity index (χ3v) is 7.70. The number of aryl methyl sites for hydroxylation is 2. The van der Waals surface area contributed by atoms with E-state index < -0.39 is 0 Å². The van der Waals surface area contributed by atoms with Crippen molar-refractivity contribution in [2.75, 3.05) is 49.6 Å². The molecule has 39 heavy (non-hydrogen) atoms. The van der Waals surface area contributed by atoms with E-state index >= 15 is 0 Å². The number of para-hydroxylation sites is 1. The zero-order valence-electron chi connectivity index (χ0n) is 23.5. The van der Waals surface area contributed by atoms with Crippen LogP contribution in [0.1, 0.15) is 24.6 Å². The van der Waals surface area contributed by atoms with Crippen molar-refractivity contribution in [3.8, 4) is 0 Å². The van der Waals surface area contributed by atoms with Crippen molar-refractivity contribution in [2.45, 2.75) is 33.2 Å². The highest BCUT2D eigenvalue weighted by Gasteiger charge is 2.34. The standard InChI is InChI=1S/C30H36B2N6O/c1-7-21(3)35-15-16-37(22(4)17-35)30(33-6)24-12-14-36(28-20(2)9-8-10-25(28)31)18-27(24)38(19-39)29-23(5)34-13-11-26(29)32/h7-11,13,19,22H,1,3,12,14-18H2,2,4-6H3. The van der Waals surface area contributed by atoms with E-state index in [9.17, 15) is 4.79 Å². The molecule has 1 aromatic carbocycles. The van der Waals surface area contributed by atoms with Gasteiger partial charge in [0.2, 0.25) is 6.41 Å². The number of amides is 1. The maximum Gasteiger partial charge on any atom is 0.218 e. The Kier molecular flexibility index (Phi) is 8.68. The number of allylic oxidation sites excluding steroid dienone is 1. The summed E-state index contributed by atoms with van der Waals surface area (Å²) in [6.07, 6.45) is 4.98. The largest absolute Gasteiger partial charge is 0.368 e. The van der Waals surface area contributed by atoms with E-state index in [2.05, 4.69) is 52.8 Å². The van der Waals surface area contributed by atoms with Crippen molar-refractivity contribution in [2.24, 2.45) is 4.99 Å². The smallest absolute Gasteiger partial charge is 0.218 e. The Morgan fingerprint density at radius 1 is 1.18 bits per heavy atom. The number of amidine groups is 1. The van der Waals surface area contributed by atoms with Crippen LogP contribution in [-0.2, 0) is 4.79 Å². The quantitative estimate of drug-likeness (QED) is 0.185. The zero-order chi connectivity index (χ0) is 28.3. The molecule has 1 fully saturated rings. The molecule has 0 saturated carbocycles. The number of nitrogens with zero attached hydrogens (tertiary/aromatic N) is 6. The molecule has 4 radical (unpaired) electrons. The van der Waals surface area contributed by atoms with Crippen molar-refractivity contribution >= 4 is 50.2 Å². The molecule has 2 aliphatic heterocycles. The van der Waals surface area contributed by atoms with E-state index in [-0.39, 0.29) is 6.04 Å². The summed E-state index contributed by atoms with van der Waals surface area (Å²) < 4.78 is 0. The number of aromatic nitrogens is 1. The minimum atomic E-state index is 0.183. The molecule has 1 amide bonds. The summed E-state index contributed by atoms with van der Waals surface area (Å²) >= 11 is 0. The normalized spacial score (nSPS) is 18.3. The lowest BCUT2D eigenvalue weighted by atomic mass is 9.89. The zero-order valence-corrected chi connectivity index (χ0v) is 23.5. The van der Waals surface area contributed by atoms with Gasteiger partial charge in [-0.15, -0.1) is 0 Å². The highest BCUT2D eigenvalue weighted by Crippen LogP contribution is 2.32. The molecule has 7 nitrogen and oxygen atoms in total. The number of hydrogen-bond donors (Lipinski definition) is 0. The fourth-order valence-corrected chi connectivity index (χ4v) is 5.76. The van der Waals surface area contributed by atoms with Crippen LogP contribution in [0.15, 0.2) is 71.7 Å². The molecule has 1 aromatic heterocycles. The first-order valence-electron chi connectivity index (χ1n) is 13.3. The van der Waals surface area contributed by atoms with Crippen LogP contribution in [0.3, 0.4) is 0 Å². The first-order valence-corrected chi connectivity index (χ1v) is 13.3. The summed E-state index contributed by atoms with van der Waals surface area (Å²) in [6, 6.07) is 7.84. The van der Waals surface area contributed by atoms with E-state index in [1.54, 1.807) is 23.2 Å². The Morgan fingerprint density at radius 3 is 2.56 bits per heavy atom. The lowest BCUT2D eigenvalue weighted by molar-refractivity contribution is -0.107. The summed E-state index contributed by atoms with van der Waals surface area (Å²) in [5.74, 6) is 0.894. The maximum atomic E-state index is 12.8. The van der Waals surface area contributed by atoms with Gasteiger partial charge in [0, 0.05) is 62.4 Å². The van der Waals surface area contributed by atoms with E-state index in [0.29, 0.717) is 35.3 Å². The number of anilines is 2. The van der Waals surface area contributed by atoms with Crippen LogP contribution in [0, 0.1) is 13.8 Å². The molecule has 1 atom stereocenters. The van der Waals surface area contributed by atoms with E-state index in [0.717, 1.165) is 66.6 Å². The molecule has 0 spiro atoms. The fraction of sp³-hybridized carbons (Fsp3) is 0.367. The van der Waals surface area contributed by atoms with Crippen molar-refractivity contribution in [3.63, 3.8) is 0 Å². The summed E-state index contributed by atoms with van der Waals surface area (Å²) in [5.41, 5.74) is 7.33. The number of piperazine rings is 1. The van der Waals surface area contributed by atoms with Gasteiger partial charge in [-0.05, 0) is 44.9 Å². The molecule has 198 valence electrons. The van der Waals surface area contributed by atoms with Crippen molar-refractivity contribution < 1.29 is 4.79 Å². The minimum Gasteiger partial charge on any atom is -0.368 e. The van der Waals surface area contributed by atoms with E-state index in [1.807, 2.05) is 26.1 Å². The molecule has 3 heterocycles. The number of carbonyl (C=O) groups excluding carboxylic acids is 1. The van der Waals surface area contributed by atoms with Crippen LogP contribution in [0.2, 0.25) is 0 Å². The van der Waals surface area contributed by atoms with Crippen molar-refractivity contribution in [1.82, 2.24) is 14.8 Å². The molecule has 1 unspecified atom stereocenters. The number of hydrogen-bond acceptors (Lipinski definition) is 5. The van der Waals surface area contributed by atoms with Crippen LogP contribution in [-0.4, -0.2) is 88.5 Å². The molecule has 0 bridgehead atoms. The molecular weight excluding hydrogens is 482 g/mol. The van der Waals surface area contributed by atoms with Gasteiger partial charge in [0.1, 0.15) is 21.5 Å². The fourth-order valence-electron chi connectivity index (χ4n) is 5.76. The molecule has 1 saturated heterocycles. The molecule has 9 heteroatoms. The van der Waals surface area contributed by atoms with Gasteiger partial charge in [0.25, 0.3) is 0 Å². The Morgan fingerprint density at radius 2 is 1.95 bits per heavy atom. The number of carbonyl (C=O) groups is 1. The predicted molar refractivity (Wildman–Crippen MR) is 164 cm³/mol. The summed E-state index contributed by atoms with van der Waals surface area (Å²) in [5, 5.41) is 0. The van der Waals surface area contributed by atoms with Crippen LogP contribution >= 0.6 is 0 Å². The Labute approximate surface area is 235 Å². The molecule has 2 aromatic rings. The predicted octanol–water partition coefficient (Wildman–Crippen LogP) is 2.15. The molecule has 4 rings (SSSR count). The summed E-state index contributed by atoms with van der Waals surface area (Å²) in [6.45, 7) is 17.7. The summed E-state index contributed by atoms with van der Waals surface area (Å²) in [7, 11) is 14.7. The van der Waals surface area contributed by atoms with Gasteiger partial charge >= 0.3 is 0 Å². The second kappa shape index (κ2) is 12.0. The average Bonchev–Trinajstić information content (AvgIpc) is 2.92. The topological polar surface area (TPSA) is 55.3 Å². The number of aliphatic imine (C=N–C) groups is 1. The molecule has 0 N–H and O–H groups in total. The first kappa shape index (κ1) is 28.3. The minimum absolute atomic E-state index is 0.183. The van der Waals surface area contributed by atoms with Gasteiger partial charge in [-0.2, -0.15) is 0 Å². The first-order chi connectivity index (χ1) is 18.7. The second-order valence-corrected chi connectivity index (χ2v) is 10.2. The van der Waals surface area contributed by atoms with Gasteiger partial charge in [0.05, 0.1) is 23.6 Å². The Bertz CT molecular complexity index is 1300. The SMILES string of the molecule is [B]c1cccc(C)c1N1CCC(C(=NC)N2CCN(C(=C)C=C)CC2C)=C(N(C=O)c2c([B])ccnc2C)C1. The van der Waals surface area contributed by atoms with Crippen LogP contribution < -0.4 is 20.7 Å². The number of benzene rings is 1.